The molecule has 0 radical (unpaired) electrons. The lowest BCUT2D eigenvalue weighted by molar-refractivity contribution is -0.388. The van der Waals surface area contributed by atoms with Crippen molar-refractivity contribution in [2.24, 2.45) is 0 Å². The molecule has 0 aromatic heterocycles. The summed E-state index contributed by atoms with van der Waals surface area (Å²) in [5.74, 6) is -1.11. The number of nitro benzene ring substituents is 1. The Kier molecular flexibility index (Phi) is 4.02. The van der Waals surface area contributed by atoms with E-state index < -0.39 is 31.3 Å². The molecule has 9 heteroatoms. The van der Waals surface area contributed by atoms with Crippen molar-refractivity contribution in [2.45, 2.75) is 17.9 Å². The highest BCUT2D eigenvalue weighted by Crippen LogP contribution is 2.29. The standard InChI is InChI=1S/C11H14FN3O4S/c1-8-7-14(6-5-13-8)20(18,19)11-9(12)3-2-4-10(11)15(16)17/h2-4,8,13H,5-7H2,1H3/t8-/m1/s1. The van der Waals surface area contributed by atoms with E-state index in [-0.39, 0.29) is 19.1 Å². The maximum Gasteiger partial charge on any atom is 0.292 e. The average molecular weight is 303 g/mol. The van der Waals surface area contributed by atoms with E-state index in [2.05, 4.69) is 5.32 Å². The van der Waals surface area contributed by atoms with Gasteiger partial charge in [0.25, 0.3) is 15.7 Å². The summed E-state index contributed by atoms with van der Waals surface area (Å²) in [6.07, 6.45) is 0. The van der Waals surface area contributed by atoms with Crippen LogP contribution in [0, 0.1) is 15.9 Å². The fourth-order valence-corrected chi connectivity index (χ4v) is 3.87. The van der Waals surface area contributed by atoms with Gasteiger partial charge in [-0.15, -0.1) is 0 Å². The lowest BCUT2D eigenvalue weighted by atomic mass is 10.3. The average Bonchev–Trinajstić information content (AvgIpc) is 2.38. The second-order valence-electron chi connectivity index (χ2n) is 4.56. The van der Waals surface area contributed by atoms with Crippen molar-refractivity contribution in [2.75, 3.05) is 19.6 Å². The van der Waals surface area contributed by atoms with Gasteiger partial charge < -0.3 is 5.32 Å². The second-order valence-corrected chi connectivity index (χ2v) is 6.44. The third-order valence-corrected chi connectivity index (χ3v) is 5.00. The Morgan fingerprint density at radius 3 is 2.80 bits per heavy atom. The van der Waals surface area contributed by atoms with Crippen molar-refractivity contribution in [3.8, 4) is 0 Å². The molecule has 7 nitrogen and oxygen atoms in total. The molecule has 0 spiro atoms. The number of rotatable bonds is 3. The fraction of sp³-hybridized carbons (Fsp3) is 0.455. The lowest BCUT2D eigenvalue weighted by Crippen LogP contribution is -2.51. The lowest BCUT2D eigenvalue weighted by Gasteiger charge is -2.30. The molecule has 1 N–H and O–H groups in total. The summed E-state index contributed by atoms with van der Waals surface area (Å²) in [7, 11) is -4.22. The molecule has 0 amide bonds. The second kappa shape index (κ2) is 5.43. The first-order valence-electron chi connectivity index (χ1n) is 6.00. The maximum absolute atomic E-state index is 13.8. The Hall–Kier alpha value is -1.58. The maximum atomic E-state index is 13.8. The number of nitrogens with one attached hydrogen (secondary N) is 1. The molecule has 1 aromatic carbocycles. The zero-order chi connectivity index (χ0) is 14.9. The predicted octanol–water partition coefficient (Wildman–Crippen LogP) is 0.716. The Balaban J connectivity index is 2.52. The molecule has 0 unspecified atom stereocenters. The van der Waals surface area contributed by atoms with E-state index in [9.17, 15) is 22.9 Å². The number of halogens is 1. The highest BCUT2D eigenvalue weighted by Gasteiger charge is 2.36. The molecule has 110 valence electrons. The number of nitro groups is 1. The van der Waals surface area contributed by atoms with Crippen LogP contribution in [0.5, 0.6) is 0 Å². The number of benzene rings is 1. The van der Waals surface area contributed by atoms with Crippen molar-refractivity contribution < 1.29 is 17.7 Å². The van der Waals surface area contributed by atoms with Gasteiger partial charge in [-0.3, -0.25) is 10.1 Å². The summed E-state index contributed by atoms with van der Waals surface area (Å²) in [6.45, 7) is 2.51. The van der Waals surface area contributed by atoms with E-state index in [4.69, 9.17) is 0 Å². The van der Waals surface area contributed by atoms with Crippen LogP contribution in [0.1, 0.15) is 6.92 Å². The molecule has 1 aromatic rings. The number of hydrogen-bond donors (Lipinski definition) is 1. The third kappa shape index (κ3) is 2.65. The molecule has 0 bridgehead atoms. The van der Waals surface area contributed by atoms with Crippen LogP contribution < -0.4 is 5.32 Å². The van der Waals surface area contributed by atoms with Crippen LogP contribution in [-0.4, -0.2) is 43.3 Å². The van der Waals surface area contributed by atoms with Crippen LogP contribution in [0.2, 0.25) is 0 Å². The Morgan fingerprint density at radius 1 is 1.50 bits per heavy atom. The molecule has 1 aliphatic rings. The molecule has 20 heavy (non-hydrogen) atoms. The van der Waals surface area contributed by atoms with Gasteiger partial charge in [0.15, 0.2) is 4.90 Å². The van der Waals surface area contributed by atoms with Gasteiger partial charge in [-0.1, -0.05) is 6.07 Å². The van der Waals surface area contributed by atoms with Gasteiger partial charge in [0.1, 0.15) is 5.82 Å². The van der Waals surface area contributed by atoms with Gasteiger partial charge in [-0.05, 0) is 13.0 Å². The molecule has 1 fully saturated rings. The van der Waals surface area contributed by atoms with Crippen LogP contribution in [0.3, 0.4) is 0 Å². The topological polar surface area (TPSA) is 92.5 Å². The first kappa shape index (κ1) is 14.8. The molecule has 0 aliphatic carbocycles. The van der Waals surface area contributed by atoms with Crippen LogP contribution in [0.15, 0.2) is 23.1 Å². The third-order valence-electron chi connectivity index (χ3n) is 3.07. The van der Waals surface area contributed by atoms with Gasteiger partial charge in [0.05, 0.1) is 4.92 Å². The van der Waals surface area contributed by atoms with Crippen molar-refractivity contribution in [1.82, 2.24) is 9.62 Å². The van der Waals surface area contributed by atoms with Crippen molar-refractivity contribution in [1.29, 1.82) is 0 Å². The first-order valence-corrected chi connectivity index (χ1v) is 7.44. The zero-order valence-corrected chi connectivity index (χ0v) is 11.6. The van der Waals surface area contributed by atoms with Crippen molar-refractivity contribution >= 4 is 15.7 Å². The van der Waals surface area contributed by atoms with Gasteiger partial charge in [-0.25, -0.2) is 12.8 Å². The summed E-state index contributed by atoms with van der Waals surface area (Å²) in [5, 5.41) is 14.0. The molecule has 1 heterocycles. The molecule has 1 atom stereocenters. The smallest absolute Gasteiger partial charge is 0.292 e. The van der Waals surface area contributed by atoms with E-state index in [1.54, 1.807) is 6.92 Å². The van der Waals surface area contributed by atoms with Crippen LogP contribution in [0.25, 0.3) is 0 Å². The Bertz CT molecular complexity index is 635. The van der Waals surface area contributed by atoms with Crippen molar-refractivity contribution in [3.63, 3.8) is 0 Å². The molecule has 1 aliphatic heterocycles. The molecular formula is C11H14FN3O4S. The Morgan fingerprint density at radius 2 is 2.20 bits per heavy atom. The molecule has 1 saturated heterocycles. The number of nitrogens with zero attached hydrogens (tertiary/aromatic N) is 2. The highest BCUT2D eigenvalue weighted by atomic mass is 32.2. The molecule has 0 saturated carbocycles. The summed E-state index contributed by atoms with van der Waals surface area (Å²) >= 11 is 0. The summed E-state index contributed by atoms with van der Waals surface area (Å²) in [4.78, 5) is 9.16. The van der Waals surface area contributed by atoms with E-state index >= 15 is 0 Å². The van der Waals surface area contributed by atoms with E-state index in [0.717, 1.165) is 22.5 Å². The normalized spacial score (nSPS) is 20.8. The number of piperazine rings is 1. The van der Waals surface area contributed by atoms with Gasteiger partial charge in [0.2, 0.25) is 0 Å². The minimum atomic E-state index is -4.22. The summed E-state index contributed by atoms with van der Waals surface area (Å²) in [5.41, 5.74) is -0.740. The van der Waals surface area contributed by atoms with E-state index in [0.29, 0.717) is 6.54 Å². The number of sulfonamides is 1. The zero-order valence-electron chi connectivity index (χ0n) is 10.7. The van der Waals surface area contributed by atoms with Crippen LogP contribution in [-0.2, 0) is 10.0 Å². The van der Waals surface area contributed by atoms with E-state index in [1.807, 2.05) is 0 Å². The van der Waals surface area contributed by atoms with E-state index in [1.165, 1.54) is 0 Å². The van der Waals surface area contributed by atoms with Crippen molar-refractivity contribution in [3.05, 3.63) is 34.1 Å². The molecular weight excluding hydrogens is 289 g/mol. The largest absolute Gasteiger partial charge is 0.312 e. The fourth-order valence-electron chi connectivity index (χ4n) is 2.14. The van der Waals surface area contributed by atoms with Gasteiger partial charge in [-0.2, -0.15) is 4.31 Å². The monoisotopic (exact) mass is 303 g/mol. The first-order chi connectivity index (χ1) is 9.34. The quantitative estimate of drug-likeness (QED) is 0.656. The van der Waals surface area contributed by atoms with Gasteiger partial charge >= 0.3 is 0 Å². The highest BCUT2D eigenvalue weighted by molar-refractivity contribution is 7.89. The summed E-state index contributed by atoms with van der Waals surface area (Å²) in [6, 6.07) is 2.92. The minimum Gasteiger partial charge on any atom is -0.312 e. The van der Waals surface area contributed by atoms with Crippen LogP contribution in [0.4, 0.5) is 10.1 Å². The minimum absolute atomic E-state index is 0.0932. The summed E-state index contributed by atoms with van der Waals surface area (Å²) < 4.78 is 39.8. The SMILES string of the molecule is C[C@@H]1CN(S(=O)(=O)c2c(F)cccc2[N+](=O)[O-])CCN1. The van der Waals surface area contributed by atoms with Crippen LogP contribution >= 0.6 is 0 Å². The Labute approximate surface area is 115 Å². The predicted molar refractivity (Wildman–Crippen MR) is 69.3 cm³/mol. The number of hydrogen-bond acceptors (Lipinski definition) is 5. The molecule has 2 rings (SSSR count). The van der Waals surface area contributed by atoms with Gasteiger partial charge in [0, 0.05) is 31.7 Å².